The molecule has 0 fully saturated rings. The summed E-state index contributed by atoms with van der Waals surface area (Å²) in [4.78, 5) is 35.8. The molecule has 0 saturated heterocycles. The van der Waals surface area contributed by atoms with Crippen molar-refractivity contribution >= 4 is 28.4 Å². The van der Waals surface area contributed by atoms with Crippen LogP contribution >= 0.6 is 0 Å². The highest BCUT2D eigenvalue weighted by Gasteiger charge is 2.43. The molecule has 2 unspecified atom stereocenters. The number of carbonyl (C=O) groups is 2. The van der Waals surface area contributed by atoms with Gasteiger partial charge in [0.15, 0.2) is 0 Å². The third kappa shape index (κ3) is 3.08. The zero-order valence-electron chi connectivity index (χ0n) is 17.3. The second-order valence-corrected chi connectivity index (χ2v) is 7.82. The number of H-pyrrole nitrogens is 1. The first-order chi connectivity index (χ1) is 15.1. The number of nitrogens with zero attached hydrogens (tertiary/aromatic N) is 2. The van der Waals surface area contributed by atoms with E-state index in [9.17, 15) is 9.59 Å². The number of anilines is 1. The normalized spacial score (nSPS) is 16.4. The van der Waals surface area contributed by atoms with E-state index in [1.807, 2.05) is 49.4 Å². The van der Waals surface area contributed by atoms with E-state index >= 15 is 0 Å². The number of hydrogen-bond acceptors (Lipinski definition) is 3. The summed E-state index contributed by atoms with van der Waals surface area (Å²) in [6.07, 6.45) is 3.24. The topological polar surface area (TPSA) is 78.1 Å². The zero-order chi connectivity index (χ0) is 21.5. The number of aryl methyl sites for hydroxylation is 1. The van der Waals surface area contributed by atoms with Gasteiger partial charge in [-0.15, -0.1) is 0 Å². The minimum Gasteiger partial charge on any atom is -0.358 e. The summed E-state index contributed by atoms with van der Waals surface area (Å²) in [5.74, 6) is -0.393. The predicted octanol–water partition coefficient (Wildman–Crippen LogP) is 4.44. The quantitative estimate of drug-likeness (QED) is 0.522. The Morgan fingerprint density at radius 2 is 1.87 bits per heavy atom. The number of hydrogen-bond donors (Lipinski definition) is 2. The van der Waals surface area contributed by atoms with Crippen molar-refractivity contribution in [1.29, 1.82) is 0 Å². The zero-order valence-corrected chi connectivity index (χ0v) is 17.3. The molecule has 1 aliphatic heterocycles. The van der Waals surface area contributed by atoms with Gasteiger partial charge in [-0.3, -0.25) is 14.6 Å². The van der Waals surface area contributed by atoms with Gasteiger partial charge in [0.25, 0.3) is 5.91 Å². The third-order valence-electron chi connectivity index (χ3n) is 5.94. The number of rotatable bonds is 4. The molecule has 0 saturated carbocycles. The van der Waals surface area contributed by atoms with Crippen LogP contribution in [0.5, 0.6) is 0 Å². The van der Waals surface area contributed by atoms with E-state index in [1.54, 1.807) is 36.4 Å². The lowest BCUT2D eigenvalue weighted by Gasteiger charge is -2.31. The van der Waals surface area contributed by atoms with E-state index in [2.05, 4.69) is 21.4 Å². The molecule has 0 bridgehead atoms. The number of pyridine rings is 1. The number of nitrogens with one attached hydrogen (secondary N) is 2. The minimum absolute atomic E-state index is 0.140. The van der Waals surface area contributed by atoms with Gasteiger partial charge in [-0.2, -0.15) is 0 Å². The fraction of sp³-hybridized carbons (Fsp3) is 0.160. The Kier molecular flexibility index (Phi) is 4.55. The van der Waals surface area contributed by atoms with Crippen molar-refractivity contribution < 1.29 is 9.59 Å². The Hall–Kier alpha value is -3.93. The predicted molar refractivity (Wildman–Crippen MR) is 120 cm³/mol. The lowest BCUT2D eigenvalue weighted by molar-refractivity contribution is -0.120. The van der Waals surface area contributed by atoms with E-state index in [4.69, 9.17) is 0 Å². The number of carbonyl (C=O) groups excluding carboxylic acids is 2. The van der Waals surface area contributed by atoms with Gasteiger partial charge in [0.1, 0.15) is 6.04 Å². The summed E-state index contributed by atoms with van der Waals surface area (Å²) in [7, 11) is 0. The van der Waals surface area contributed by atoms with Crippen LogP contribution in [0.3, 0.4) is 0 Å². The first-order valence-electron chi connectivity index (χ1n) is 10.3. The SMILES string of the molecule is Cc1[nH]c2ccccc2c1C1c2ccccc2C(=O)N1C(C)C(=O)Nc1cccnc1. The molecule has 0 aliphatic carbocycles. The lowest BCUT2D eigenvalue weighted by atomic mass is 9.95. The van der Waals surface area contributed by atoms with E-state index < -0.39 is 6.04 Å². The summed E-state index contributed by atoms with van der Waals surface area (Å²) >= 11 is 0. The van der Waals surface area contributed by atoms with E-state index in [0.717, 1.165) is 27.7 Å². The third-order valence-corrected chi connectivity index (χ3v) is 5.94. The maximum absolute atomic E-state index is 13.5. The summed E-state index contributed by atoms with van der Waals surface area (Å²) in [6, 6.07) is 18.2. The number of amides is 2. The smallest absolute Gasteiger partial charge is 0.255 e. The average molecular weight is 410 g/mol. The molecule has 0 spiro atoms. The molecule has 5 rings (SSSR count). The van der Waals surface area contributed by atoms with Crippen LogP contribution in [0.15, 0.2) is 73.1 Å². The Morgan fingerprint density at radius 1 is 1.10 bits per heavy atom. The van der Waals surface area contributed by atoms with E-state index in [1.165, 1.54) is 0 Å². The van der Waals surface area contributed by atoms with Crippen molar-refractivity contribution in [1.82, 2.24) is 14.9 Å². The monoisotopic (exact) mass is 410 g/mol. The average Bonchev–Trinajstić information content (AvgIpc) is 3.27. The number of para-hydroxylation sites is 1. The second kappa shape index (κ2) is 7.40. The molecule has 2 N–H and O–H groups in total. The maximum atomic E-state index is 13.5. The van der Waals surface area contributed by atoms with Crippen LogP contribution in [0, 0.1) is 6.92 Å². The molecule has 6 nitrogen and oxygen atoms in total. The van der Waals surface area contributed by atoms with E-state index in [-0.39, 0.29) is 17.9 Å². The van der Waals surface area contributed by atoms with Gasteiger partial charge in [-0.05, 0) is 43.7 Å². The highest BCUT2D eigenvalue weighted by atomic mass is 16.2. The number of aromatic amines is 1. The van der Waals surface area contributed by atoms with E-state index in [0.29, 0.717) is 11.3 Å². The fourth-order valence-corrected chi connectivity index (χ4v) is 4.49. The van der Waals surface area contributed by atoms with Gasteiger partial charge in [0.2, 0.25) is 5.91 Å². The largest absolute Gasteiger partial charge is 0.358 e. The minimum atomic E-state index is -0.682. The van der Waals surface area contributed by atoms with Crippen LogP contribution in [0.4, 0.5) is 5.69 Å². The molecule has 4 aromatic rings. The first kappa shape index (κ1) is 19.1. The van der Waals surface area contributed by atoms with Crippen LogP contribution < -0.4 is 5.32 Å². The van der Waals surface area contributed by atoms with Crippen molar-refractivity contribution in [2.24, 2.45) is 0 Å². The van der Waals surface area contributed by atoms with Gasteiger partial charge >= 0.3 is 0 Å². The van der Waals surface area contributed by atoms with Crippen LogP contribution in [0.25, 0.3) is 10.9 Å². The molecule has 31 heavy (non-hydrogen) atoms. The van der Waals surface area contributed by atoms with Gasteiger partial charge in [-0.1, -0.05) is 36.4 Å². The second-order valence-electron chi connectivity index (χ2n) is 7.82. The molecular weight excluding hydrogens is 388 g/mol. The summed E-state index contributed by atoms with van der Waals surface area (Å²) < 4.78 is 0. The number of fused-ring (bicyclic) bond motifs is 2. The Bertz CT molecular complexity index is 1300. The molecule has 2 aromatic carbocycles. The van der Waals surface area contributed by atoms with Crippen LogP contribution in [-0.2, 0) is 4.79 Å². The number of aromatic nitrogens is 2. The molecule has 6 heteroatoms. The Balaban J connectivity index is 1.61. The maximum Gasteiger partial charge on any atom is 0.255 e. The molecule has 2 amide bonds. The molecule has 1 aliphatic rings. The fourth-order valence-electron chi connectivity index (χ4n) is 4.49. The highest BCUT2D eigenvalue weighted by Crippen LogP contribution is 2.43. The standard InChI is InChI=1S/C25H22N4O2/c1-15-22(20-11-5-6-12-21(20)27-15)23-18-9-3-4-10-19(18)25(31)29(23)16(2)24(30)28-17-8-7-13-26-14-17/h3-14,16,23,27H,1-2H3,(H,28,30). The summed E-state index contributed by atoms with van der Waals surface area (Å²) in [6.45, 7) is 3.78. The van der Waals surface area contributed by atoms with Crippen LogP contribution in [0.2, 0.25) is 0 Å². The molecule has 2 atom stereocenters. The lowest BCUT2D eigenvalue weighted by Crippen LogP contribution is -2.44. The van der Waals surface area contributed by atoms with Gasteiger partial charge in [-0.25, -0.2) is 0 Å². The molecular formula is C25H22N4O2. The van der Waals surface area contributed by atoms with Crippen molar-refractivity contribution in [3.63, 3.8) is 0 Å². The summed E-state index contributed by atoms with van der Waals surface area (Å²) in [5.41, 5.74) is 5.18. The van der Waals surface area contributed by atoms with Gasteiger partial charge < -0.3 is 15.2 Å². The van der Waals surface area contributed by atoms with Gasteiger partial charge in [0.05, 0.1) is 17.9 Å². The number of benzene rings is 2. The van der Waals surface area contributed by atoms with Crippen molar-refractivity contribution in [2.75, 3.05) is 5.32 Å². The Labute approximate surface area is 179 Å². The molecule has 0 radical (unpaired) electrons. The first-order valence-corrected chi connectivity index (χ1v) is 10.3. The van der Waals surface area contributed by atoms with Crippen LogP contribution in [0.1, 0.15) is 40.1 Å². The van der Waals surface area contributed by atoms with Crippen LogP contribution in [-0.4, -0.2) is 32.7 Å². The van der Waals surface area contributed by atoms with Crippen molar-refractivity contribution in [3.05, 3.63) is 95.4 Å². The summed E-state index contributed by atoms with van der Waals surface area (Å²) in [5, 5.41) is 3.94. The molecule has 154 valence electrons. The molecule has 3 heterocycles. The van der Waals surface area contributed by atoms with Crippen molar-refractivity contribution in [3.8, 4) is 0 Å². The highest BCUT2D eigenvalue weighted by molar-refractivity contribution is 6.05. The Morgan fingerprint density at radius 3 is 2.68 bits per heavy atom. The van der Waals surface area contributed by atoms with Gasteiger partial charge in [0, 0.05) is 33.9 Å². The molecule has 2 aromatic heterocycles. The van der Waals surface area contributed by atoms with Crippen molar-refractivity contribution in [2.45, 2.75) is 25.9 Å².